The van der Waals surface area contributed by atoms with Crippen molar-refractivity contribution < 1.29 is 0 Å². The zero-order valence-corrected chi connectivity index (χ0v) is 27.8. The molecule has 4 aromatic carbocycles. The molecule has 0 aliphatic heterocycles. The molecule has 0 radical (unpaired) electrons. The fourth-order valence-electron chi connectivity index (χ4n) is 7.79. The van der Waals surface area contributed by atoms with Crippen LogP contribution in [0.5, 0.6) is 0 Å². The van der Waals surface area contributed by atoms with Crippen LogP contribution in [0.2, 0.25) is 0 Å². The Hall–Kier alpha value is -3.12. The van der Waals surface area contributed by atoms with Gasteiger partial charge in [-0.2, -0.15) is 0 Å². The smallest absolute Gasteiger partial charge is 0.0220 e. The summed E-state index contributed by atoms with van der Waals surface area (Å²) in [5.74, 6) is 1.50. The second-order valence-electron chi connectivity index (χ2n) is 13.6. The maximum Gasteiger partial charge on any atom is 0.0220 e. The third kappa shape index (κ3) is 6.69. The lowest BCUT2D eigenvalue weighted by molar-refractivity contribution is 0.266. The summed E-state index contributed by atoms with van der Waals surface area (Å²) in [6.45, 7) is 14.0. The number of unbranched alkanes of at least 4 members (excludes halogenated alkanes) is 2. The SMILES string of the molecule is CCCCC(CC)CC1(CC(CC)CCCC)c2cc(C)ccc2-c2ccc(-c3ccc(-c4ccc(C)cc4)cc3)cc21. The molecule has 1 aliphatic carbocycles. The third-order valence-electron chi connectivity index (χ3n) is 10.5. The highest BCUT2D eigenvalue weighted by atomic mass is 14.5. The number of hydrogen-bond acceptors (Lipinski definition) is 0. The molecule has 2 unspecified atom stereocenters. The minimum Gasteiger partial charge on any atom is -0.0654 e. The molecule has 0 amide bonds. The molecule has 0 fully saturated rings. The Balaban J connectivity index is 1.62. The van der Waals surface area contributed by atoms with Crippen LogP contribution in [0.4, 0.5) is 0 Å². The summed E-state index contributed by atoms with van der Waals surface area (Å²) in [5.41, 5.74) is 14.2. The quantitative estimate of drug-likeness (QED) is 0.141. The van der Waals surface area contributed by atoms with Crippen molar-refractivity contribution in [1.29, 1.82) is 0 Å². The Bertz CT molecular complexity index is 1450. The van der Waals surface area contributed by atoms with Gasteiger partial charge in [-0.25, -0.2) is 0 Å². The summed E-state index contributed by atoms with van der Waals surface area (Å²) in [6, 6.07) is 32.9. The Morgan fingerprint density at radius 2 is 0.907 bits per heavy atom. The summed E-state index contributed by atoms with van der Waals surface area (Å²) in [5, 5.41) is 0. The Labute approximate surface area is 263 Å². The Morgan fingerprint density at radius 3 is 1.42 bits per heavy atom. The molecule has 5 rings (SSSR count). The van der Waals surface area contributed by atoms with Crippen LogP contribution < -0.4 is 0 Å². The van der Waals surface area contributed by atoms with Crippen molar-refractivity contribution in [2.24, 2.45) is 11.8 Å². The highest BCUT2D eigenvalue weighted by molar-refractivity contribution is 5.84. The molecular weight excluding hydrogens is 516 g/mol. The number of hydrogen-bond donors (Lipinski definition) is 0. The molecule has 0 nitrogen and oxygen atoms in total. The third-order valence-corrected chi connectivity index (χ3v) is 10.5. The minimum absolute atomic E-state index is 0.0807. The van der Waals surface area contributed by atoms with Crippen molar-refractivity contribution in [2.45, 2.75) is 111 Å². The van der Waals surface area contributed by atoms with Gasteiger partial charge < -0.3 is 0 Å². The van der Waals surface area contributed by atoms with Gasteiger partial charge in [0.15, 0.2) is 0 Å². The highest BCUT2D eigenvalue weighted by Crippen LogP contribution is 2.57. The van der Waals surface area contributed by atoms with Crippen LogP contribution in [-0.2, 0) is 5.41 Å². The van der Waals surface area contributed by atoms with Gasteiger partial charge in [0.05, 0.1) is 0 Å². The molecule has 4 aromatic rings. The predicted octanol–water partition coefficient (Wildman–Crippen LogP) is 13.1. The Kier molecular flexibility index (Phi) is 10.3. The van der Waals surface area contributed by atoms with E-state index in [-0.39, 0.29) is 5.41 Å². The fourth-order valence-corrected chi connectivity index (χ4v) is 7.79. The monoisotopic (exact) mass is 570 g/mol. The lowest BCUT2D eigenvalue weighted by atomic mass is 9.65. The van der Waals surface area contributed by atoms with E-state index in [9.17, 15) is 0 Å². The van der Waals surface area contributed by atoms with Crippen molar-refractivity contribution in [3.63, 3.8) is 0 Å². The number of aryl methyl sites for hydroxylation is 2. The van der Waals surface area contributed by atoms with Crippen LogP contribution in [0.15, 0.2) is 84.9 Å². The maximum absolute atomic E-state index is 2.60. The number of fused-ring (bicyclic) bond motifs is 3. The van der Waals surface area contributed by atoms with E-state index in [1.165, 1.54) is 109 Å². The van der Waals surface area contributed by atoms with Crippen molar-refractivity contribution >= 4 is 0 Å². The lowest BCUT2D eigenvalue weighted by Gasteiger charge is -2.39. The van der Waals surface area contributed by atoms with Crippen LogP contribution >= 0.6 is 0 Å². The second kappa shape index (κ2) is 14.1. The normalized spacial score (nSPS) is 17.0. The van der Waals surface area contributed by atoms with E-state index in [0.29, 0.717) is 0 Å². The van der Waals surface area contributed by atoms with E-state index >= 15 is 0 Å². The van der Waals surface area contributed by atoms with Gasteiger partial charge in [0, 0.05) is 5.41 Å². The zero-order chi connectivity index (χ0) is 30.4. The van der Waals surface area contributed by atoms with Crippen LogP contribution in [-0.4, -0.2) is 0 Å². The molecule has 0 saturated carbocycles. The average molecular weight is 571 g/mol. The van der Waals surface area contributed by atoms with Crippen molar-refractivity contribution in [1.82, 2.24) is 0 Å². The van der Waals surface area contributed by atoms with Crippen LogP contribution in [0, 0.1) is 25.7 Å². The van der Waals surface area contributed by atoms with Gasteiger partial charge in [-0.1, -0.05) is 169 Å². The van der Waals surface area contributed by atoms with E-state index in [1.54, 1.807) is 11.1 Å². The zero-order valence-electron chi connectivity index (χ0n) is 27.8. The molecule has 2 atom stereocenters. The summed E-state index contributed by atoms with van der Waals surface area (Å²) < 4.78 is 0. The van der Waals surface area contributed by atoms with Gasteiger partial charge in [0.1, 0.15) is 0 Å². The first kappa shape index (κ1) is 31.3. The van der Waals surface area contributed by atoms with Crippen molar-refractivity contribution in [3.8, 4) is 33.4 Å². The largest absolute Gasteiger partial charge is 0.0654 e. The molecule has 0 bridgehead atoms. The molecule has 0 spiro atoms. The molecule has 43 heavy (non-hydrogen) atoms. The summed E-state index contributed by atoms with van der Waals surface area (Å²) in [4.78, 5) is 0. The first-order valence-electron chi connectivity index (χ1n) is 17.4. The highest BCUT2D eigenvalue weighted by Gasteiger charge is 2.45. The lowest BCUT2D eigenvalue weighted by Crippen LogP contribution is -2.31. The van der Waals surface area contributed by atoms with Crippen LogP contribution in [0.3, 0.4) is 0 Å². The fraction of sp³-hybridized carbons (Fsp3) is 0.442. The molecule has 0 heterocycles. The van der Waals surface area contributed by atoms with Crippen LogP contribution in [0.1, 0.15) is 114 Å². The van der Waals surface area contributed by atoms with Crippen molar-refractivity contribution in [2.75, 3.05) is 0 Å². The average Bonchev–Trinajstić information content (AvgIpc) is 3.29. The van der Waals surface area contributed by atoms with E-state index in [4.69, 9.17) is 0 Å². The van der Waals surface area contributed by atoms with Crippen molar-refractivity contribution in [3.05, 3.63) is 107 Å². The first-order chi connectivity index (χ1) is 20.9. The molecule has 0 heteroatoms. The minimum atomic E-state index is 0.0807. The van der Waals surface area contributed by atoms with Gasteiger partial charge in [-0.15, -0.1) is 0 Å². The van der Waals surface area contributed by atoms with Gasteiger partial charge >= 0.3 is 0 Å². The molecule has 0 aromatic heterocycles. The first-order valence-corrected chi connectivity index (χ1v) is 17.4. The maximum atomic E-state index is 2.60. The van der Waals surface area contributed by atoms with Gasteiger partial charge in [0.2, 0.25) is 0 Å². The summed E-state index contributed by atoms with van der Waals surface area (Å²) >= 11 is 0. The van der Waals surface area contributed by atoms with E-state index < -0.39 is 0 Å². The number of rotatable bonds is 14. The van der Waals surface area contributed by atoms with Gasteiger partial charge in [-0.05, 0) is 89.1 Å². The molecule has 0 saturated heterocycles. The summed E-state index contributed by atoms with van der Waals surface area (Å²) in [7, 11) is 0. The second-order valence-corrected chi connectivity index (χ2v) is 13.6. The standard InChI is InChI=1S/C43H54/c1-7-11-13-33(9-3)29-43(30-34(10-4)14-12-8-2)41-27-32(6)17-25-39(41)40-26-24-38(28-42(40)43)37-22-20-36(21-23-37)35-18-15-31(5)16-19-35/h15-28,33-34H,7-14,29-30H2,1-6H3. The molecule has 1 aliphatic rings. The Morgan fingerprint density at radius 1 is 0.488 bits per heavy atom. The van der Waals surface area contributed by atoms with Gasteiger partial charge in [0.25, 0.3) is 0 Å². The molecule has 226 valence electrons. The molecular formula is C43H54. The van der Waals surface area contributed by atoms with E-state index in [2.05, 4.69) is 126 Å². The predicted molar refractivity (Wildman–Crippen MR) is 189 cm³/mol. The van der Waals surface area contributed by atoms with E-state index in [1.807, 2.05) is 0 Å². The molecule has 0 N–H and O–H groups in total. The van der Waals surface area contributed by atoms with E-state index in [0.717, 1.165) is 11.8 Å². The topological polar surface area (TPSA) is 0 Å². The summed E-state index contributed by atoms with van der Waals surface area (Å²) in [6.07, 6.45) is 13.0. The number of benzene rings is 4. The van der Waals surface area contributed by atoms with Crippen LogP contribution in [0.25, 0.3) is 33.4 Å². The van der Waals surface area contributed by atoms with Gasteiger partial charge in [-0.3, -0.25) is 0 Å².